The van der Waals surface area contributed by atoms with Gasteiger partial charge in [-0.05, 0) is 49.2 Å². The van der Waals surface area contributed by atoms with Crippen LogP contribution in [0.5, 0.6) is 5.75 Å². The number of hydrogen-bond acceptors (Lipinski definition) is 6. The molecule has 1 atom stereocenters. The zero-order chi connectivity index (χ0) is 21.9. The third-order valence-corrected chi connectivity index (χ3v) is 5.93. The Morgan fingerprint density at radius 1 is 1.10 bits per heavy atom. The normalized spacial score (nSPS) is 25.6. The van der Waals surface area contributed by atoms with E-state index in [9.17, 15) is 5.26 Å². The van der Waals surface area contributed by atoms with Crippen molar-refractivity contribution in [3.05, 3.63) is 53.6 Å². The van der Waals surface area contributed by atoms with Crippen LogP contribution in [-0.2, 0) is 20.0 Å². The first-order chi connectivity index (χ1) is 14.7. The predicted octanol–water partition coefficient (Wildman–Crippen LogP) is 3.08. The van der Waals surface area contributed by atoms with Crippen molar-refractivity contribution >= 4 is 5.96 Å². The maximum absolute atomic E-state index is 9.25. The second-order valence-corrected chi connectivity index (χ2v) is 8.73. The van der Waals surface area contributed by atoms with Crippen molar-refractivity contribution in [1.29, 1.82) is 10.7 Å². The summed E-state index contributed by atoms with van der Waals surface area (Å²) < 4.78 is 18.3. The van der Waals surface area contributed by atoms with E-state index in [0.29, 0.717) is 30.9 Å². The van der Waals surface area contributed by atoms with E-state index in [1.54, 1.807) is 13.1 Å². The number of ether oxygens (including phenoxy) is 3. The number of fused-ring (bicyclic) bond motifs is 2. The highest BCUT2D eigenvalue weighted by atomic mass is 16.7. The Hall–Kier alpha value is -3.12. The van der Waals surface area contributed by atoms with E-state index in [4.69, 9.17) is 24.5 Å². The molecule has 0 radical (unpaired) electrons. The van der Waals surface area contributed by atoms with Gasteiger partial charge in [0.15, 0.2) is 11.4 Å². The number of guanidine groups is 1. The number of hydroxylamine groups is 2. The third kappa shape index (κ3) is 3.31. The van der Waals surface area contributed by atoms with Crippen LogP contribution in [0.1, 0.15) is 31.4 Å². The van der Waals surface area contributed by atoms with Crippen molar-refractivity contribution in [2.75, 3.05) is 20.3 Å². The van der Waals surface area contributed by atoms with E-state index < -0.39 is 17.1 Å². The maximum Gasteiger partial charge on any atom is 0.217 e. The minimum Gasteiger partial charge on any atom is -0.482 e. The van der Waals surface area contributed by atoms with Crippen LogP contribution in [0.25, 0.3) is 11.1 Å². The Balaban J connectivity index is 1.59. The minimum atomic E-state index is -0.990. The molecule has 2 fully saturated rings. The molecule has 0 saturated carbocycles. The minimum absolute atomic E-state index is 0.165. The van der Waals surface area contributed by atoms with Gasteiger partial charge in [-0.3, -0.25) is 5.41 Å². The monoisotopic (exact) mass is 420 g/mol. The van der Waals surface area contributed by atoms with Gasteiger partial charge < -0.3 is 19.5 Å². The Kier molecular flexibility index (Phi) is 4.28. The Morgan fingerprint density at radius 3 is 2.52 bits per heavy atom. The van der Waals surface area contributed by atoms with Crippen LogP contribution < -0.4 is 10.1 Å². The number of nitrogens with one attached hydrogen (secondary N) is 2. The number of rotatable bonds is 1. The zero-order valence-electron chi connectivity index (χ0n) is 17.7. The third-order valence-electron chi connectivity index (χ3n) is 5.93. The van der Waals surface area contributed by atoms with E-state index in [1.807, 2.05) is 50.2 Å². The van der Waals surface area contributed by atoms with Crippen molar-refractivity contribution in [2.24, 2.45) is 0 Å². The van der Waals surface area contributed by atoms with Crippen LogP contribution in [0.15, 0.2) is 42.5 Å². The molecule has 2 aromatic rings. The highest BCUT2D eigenvalue weighted by Crippen LogP contribution is 2.49. The largest absolute Gasteiger partial charge is 0.482 e. The number of nitriles is 1. The van der Waals surface area contributed by atoms with Gasteiger partial charge in [-0.2, -0.15) is 5.26 Å². The van der Waals surface area contributed by atoms with E-state index in [-0.39, 0.29) is 5.96 Å². The summed E-state index contributed by atoms with van der Waals surface area (Å²) in [6.45, 7) is 4.44. The van der Waals surface area contributed by atoms with Gasteiger partial charge >= 0.3 is 0 Å². The number of hydrogen-bond donors (Lipinski definition) is 2. The Labute approximate surface area is 180 Å². The summed E-state index contributed by atoms with van der Waals surface area (Å²) in [7, 11) is 1.70. The van der Waals surface area contributed by atoms with Crippen LogP contribution >= 0.6 is 0 Å². The van der Waals surface area contributed by atoms with Gasteiger partial charge in [0.2, 0.25) is 11.7 Å². The van der Waals surface area contributed by atoms with Gasteiger partial charge in [0.25, 0.3) is 0 Å². The highest BCUT2D eigenvalue weighted by Gasteiger charge is 2.57. The van der Waals surface area contributed by atoms with E-state index in [0.717, 1.165) is 16.7 Å². The SMILES string of the molecule is CN1OC2(CC3(COC(C)(C)OC3)Oc3ccc(-c4cccc(C#N)c4)cc32)NC1=N. The first-order valence-electron chi connectivity index (χ1n) is 10.1. The first kappa shape index (κ1) is 19.8. The summed E-state index contributed by atoms with van der Waals surface area (Å²) in [5.74, 6) is 0.136. The lowest BCUT2D eigenvalue weighted by Crippen LogP contribution is -2.61. The second-order valence-electron chi connectivity index (χ2n) is 8.73. The van der Waals surface area contributed by atoms with Crippen molar-refractivity contribution in [2.45, 2.75) is 37.4 Å². The molecule has 0 aromatic heterocycles. The maximum atomic E-state index is 9.25. The molecule has 160 valence electrons. The van der Waals surface area contributed by atoms with Gasteiger partial charge in [-0.15, -0.1) is 0 Å². The number of nitrogens with zero attached hydrogens (tertiary/aromatic N) is 2. The average molecular weight is 420 g/mol. The Bertz CT molecular complexity index is 1100. The lowest BCUT2D eigenvalue weighted by Gasteiger charge is -2.49. The topological polar surface area (TPSA) is 99.8 Å². The predicted molar refractivity (Wildman–Crippen MR) is 112 cm³/mol. The molecular formula is C23H24N4O4. The van der Waals surface area contributed by atoms with E-state index in [2.05, 4.69) is 11.4 Å². The highest BCUT2D eigenvalue weighted by molar-refractivity contribution is 5.79. The molecule has 0 bridgehead atoms. The molecule has 3 aliphatic rings. The van der Waals surface area contributed by atoms with Gasteiger partial charge in [0.05, 0.1) is 24.8 Å². The van der Waals surface area contributed by atoms with Crippen LogP contribution in [-0.4, -0.2) is 42.7 Å². The first-order valence-corrected chi connectivity index (χ1v) is 10.1. The van der Waals surface area contributed by atoms with E-state index >= 15 is 0 Å². The van der Waals surface area contributed by atoms with Crippen molar-refractivity contribution < 1.29 is 19.0 Å². The molecule has 5 rings (SSSR count). The molecule has 2 N–H and O–H groups in total. The molecule has 31 heavy (non-hydrogen) atoms. The van der Waals surface area contributed by atoms with Gasteiger partial charge in [-0.1, -0.05) is 18.2 Å². The summed E-state index contributed by atoms with van der Waals surface area (Å²) in [5.41, 5.74) is 1.50. The molecule has 3 aliphatic heterocycles. The van der Waals surface area contributed by atoms with E-state index in [1.165, 1.54) is 5.06 Å². The number of benzene rings is 2. The molecule has 0 amide bonds. The molecule has 2 saturated heterocycles. The molecule has 1 unspecified atom stereocenters. The molecule has 2 spiro atoms. The molecule has 3 heterocycles. The smallest absolute Gasteiger partial charge is 0.217 e. The summed E-state index contributed by atoms with van der Waals surface area (Å²) in [4.78, 5) is 6.20. The van der Waals surface area contributed by atoms with Crippen molar-refractivity contribution in [3.63, 3.8) is 0 Å². The summed E-state index contributed by atoms with van der Waals surface area (Å²) in [5, 5.41) is 22.1. The van der Waals surface area contributed by atoms with Crippen molar-refractivity contribution in [3.8, 4) is 22.9 Å². The fourth-order valence-electron chi connectivity index (χ4n) is 4.32. The molecule has 8 nitrogen and oxygen atoms in total. The van der Waals surface area contributed by atoms with Crippen molar-refractivity contribution in [1.82, 2.24) is 10.4 Å². The zero-order valence-corrected chi connectivity index (χ0v) is 17.7. The fraction of sp³-hybridized carbons (Fsp3) is 0.391. The quantitative estimate of drug-likeness (QED) is 0.731. The summed E-state index contributed by atoms with van der Waals surface area (Å²) in [6, 6.07) is 15.5. The summed E-state index contributed by atoms with van der Waals surface area (Å²) >= 11 is 0. The van der Waals surface area contributed by atoms with Crippen LogP contribution in [0.3, 0.4) is 0 Å². The molecule has 0 aliphatic carbocycles. The molecule has 2 aromatic carbocycles. The Morgan fingerprint density at radius 2 is 1.84 bits per heavy atom. The van der Waals surface area contributed by atoms with Gasteiger partial charge in [-0.25, -0.2) is 9.90 Å². The summed E-state index contributed by atoms with van der Waals surface area (Å²) in [6.07, 6.45) is 0.400. The van der Waals surface area contributed by atoms with Crippen LogP contribution in [0, 0.1) is 16.7 Å². The fourth-order valence-corrected chi connectivity index (χ4v) is 4.32. The average Bonchev–Trinajstić information content (AvgIpc) is 3.04. The van der Waals surface area contributed by atoms with Crippen LogP contribution in [0.2, 0.25) is 0 Å². The molecular weight excluding hydrogens is 396 g/mol. The standard InChI is InChI=1S/C23H24N4O4/c1-21(2)28-13-22(14-29-21)12-23(26-20(25)27(3)31-23)18-10-17(7-8-19(18)30-22)16-6-4-5-15(9-16)11-24/h4-10H,12-14H2,1-3H3,(H2,25,26). The van der Waals surface area contributed by atoms with Gasteiger partial charge in [0, 0.05) is 19.0 Å². The van der Waals surface area contributed by atoms with Crippen LogP contribution in [0.4, 0.5) is 0 Å². The lowest BCUT2D eigenvalue weighted by molar-refractivity contribution is -0.313. The lowest BCUT2D eigenvalue weighted by atomic mass is 9.83. The van der Waals surface area contributed by atoms with Gasteiger partial charge in [0.1, 0.15) is 5.75 Å². The second kappa shape index (κ2) is 6.69. The molecule has 8 heteroatoms.